The molecule has 1 N–H and O–H groups in total. The zero-order valence-corrected chi connectivity index (χ0v) is 15.8. The van der Waals surface area contributed by atoms with E-state index in [1.165, 1.54) is 11.8 Å². The van der Waals surface area contributed by atoms with Crippen molar-refractivity contribution in [1.29, 1.82) is 0 Å². The van der Waals surface area contributed by atoms with Gasteiger partial charge >= 0.3 is 0 Å². The summed E-state index contributed by atoms with van der Waals surface area (Å²) in [5.41, 5.74) is 4.14. The van der Waals surface area contributed by atoms with Crippen molar-refractivity contribution >= 4 is 35.5 Å². The first kappa shape index (κ1) is 19.1. The molecule has 2 aromatic rings. The van der Waals surface area contributed by atoms with E-state index in [1.807, 2.05) is 31.2 Å². The fourth-order valence-electron chi connectivity index (χ4n) is 2.17. The Morgan fingerprint density at radius 1 is 1.20 bits per heavy atom. The number of halogens is 1. The van der Waals surface area contributed by atoms with E-state index in [1.54, 1.807) is 32.6 Å². The molecule has 2 rings (SSSR count). The highest BCUT2D eigenvalue weighted by Crippen LogP contribution is 2.30. The van der Waals surface area contributed by atoms with Crippen LogP contribution >= 0.6 is 23.4 Å². The maximum Gasteiger partial charge on any atom is 0.250 e. The third kappa shape index (κ3) is 5.41. The molecule has 0 aliphatic carbocycles. The molecule has 0 aliphatic rings. The van der Waals surface area contributed by atoms with Gasteiger partial charge in [0.1, 0.15) is 11.5 Å². The van der Waals surface area contributed by atoms with Crippen LogP contribution in [0.4, 0.5) is 0 Å². The molecule has 0 saturated carbocycles. The molecule has 0 unspecified atom stereocenters. The molecular weight excluding hydrogens is 360 g/mol. The lowest BCUT2D eigenvalue weighted by Gasteiger charge is -2.11. The summed E-state index contributed by atoms with van der Waals surface area (Å²) in [7, 11) is 3.19. The molecule has 0 radical (unpaired) electrons. The number of rotatable bonds is 7. The highest BCUT2D eigenvalue weighted by atomic mass is 35.5. The molecule has 0 aliphatic heterocycles. The summed E-state index contributed by atoms with van der Waals surface area (Å²) in [6.45, 7) is 1.90. The summed E-state index contributed by atoms with van der Waals surface area (Å²) in [4.78, 5) is 12.8. The molecule has 0 fully saturated rings. The number of nitrogens with zero attached hydrogens (tertiary/aromatic N) is 1. The predicted molar refractivity (Wildman–Crippen MR) is 102 cm³/mol. The average molecular weight is 379 g/mol. The van der Waals surface area contributed by atoms with Crippen molar-refractivity contribution in [1.82, 2.24) is 5.43 Å². The van der Waals surface area contributed by atoms with Crippen molar-refractivity contribution in [3.63, 3.8) is 0 Å². The third-order valence-electron chi connectivity index (χ3n) is 3.39. The maximum absolute atomic E-state index is 11.9. The van der Waals surface area contributed by atoms with E-state index in [4.69, 9.17) is 21.1 Å². The van der Waals surface area contributed by atoms with Crippen LogP contribution in [-0.2, 0) is 4.79 Å². The Balaban J connectivity index is 1.93. The molecule has 0 bridgehead atoms. The number of hydrogen-bond acceptors (Lipinski definition) is 5. The largest absolute Gasteiger partial charge is 0.496 e. The number of amides is 1. The van der Waals surface area contributed by atoms with Gasteiger partial charge in [0.2, 0.25) is 5.91 Å². The van der Waals surface area contributed by atoms with Crippen LogP contribution in [0.25, 0.3) is 0 Å². The van der Waals surface area contributed by atoms with Gasteiger partial charge in [-0.05, 0) is 43.3 Å². The second kappa shape index (κ2) is 9.34. The Kier molecular flexibility index (Phi) is 7.16. The average Bonchev–Trinajstić information content (AvgIpc) is 2.61. The molecule has 2 aromatic carbocycles. The van der Waals surface area contributed by atoms with E-state index in [9.17, 15) is 4.79 Å². The van der Waals surface area contributed by atoms with Crippen LogP contribution in [0.1, 0.15) is 11.1 Å². The first-order chi connectivity index (χ1) is 12.0. The molecule has 1 amide bonds. The number of thioether (sulfide) groups is 1. The number of methoxy groups -OCH3 is 2. The topological polar surface area (TPSA) is 59.9 Å². The van der Waals surface area contributed by atoms with Crippen molar-refractivity contribution in [3.8, 4) is 11.5 Å². The first-order valence-corrected chi connectivity index (χ1v) is 8.83. The standard InChI is InChI=1S/C18H19ClN2O3S/c1-12-16(23-2)9-4-13(18(12)24-3)10-20-21-17(22)11-25-15-7-5-14(19)6-8-15/h4-10H,11H2,1-3H3,(H,21,22)/b20-10-. The number of carbonyl (C=O) groups is 1. The summed E-state index contributed by atoms with van der Waals surface area (Å²) in [6, 6.07) is 11.0. The van der Waals surface area contributed by atoms with Gasteiger partial charge in [-0.1, -0.05) is 11.6 Å². The molecule has 0 atom stereocenters. The minimum atomic E-state index is -0.194. The molecule has 132 valence electrons. The Labute approximate surface area is 156 Å². The summed E-state index contributed by atoms with van der Waals surface area (Å²) < 4.78 is 10.7. The van der Waals surface area contributed by atoms with Crippen molar-refractivity contribution in [2.24, 2.45) is 5.10 Å². The van der Waals surface area contributed by atoms with Crippen LogP contribution in [0.5, 0.6) is 11.5 Å². The molecule has 25 heavy (non-hydrogen) atoms. The van der Waals surface area contributed by atoms with Gasteiger partial charge in [-0.2, -0.15) is 5.10 Å². The molecule has 0 heterocycles. The minimum Gasteiger partial charge on any atom is -0.496 e. The Morgan fingerprint density at radius 2 is 1.92 bits per heavy atom. The molecule has 0 saturated heterocycles. The summed E-state index contributed by atoms with van der Waals surface area (Å²) in [5, 5.41) is 4.66. The fourth-order valence-corrected chi connectivity index (χ4v) is 2.99. The molecular formula is C18H19ClN2O3S. The van der Waals surface area contributed by atoms with Gasteiger partial charge in [0.05, 0.1) is 26.2 Å². The Hall–Kier alpha value is -2.18. The normalized spacial score (nSPS) is 10.7. The van der Waals surface area contributed by atoms with E-state index in [-0.39, 0.29) is 11.7 Å². The van der Waals surface area contributed by atoms with E-state index < -0.39 is 0 Å². The van der Waals surface area contributed by atoms with Gasteiger partial charge in [-0.15, -0.1) is 11.8 Å². The second-order valence-corrected chi connectivity index (χ2v) is 6.54. The van der Waals surface area contributed by atoms with Crippen molar-refractivity contribution < 1.29 is 14.3 Å². The van der Waals surface area contributed by atoms with Gasteiger partial charge in [-0.3, -0.25) is 4.79 Å². The van der Waals surface area contributed by atoms with E-state index in [2.05, 4.69) is 10.5 Å². The quantitative estimate of drug-likeness (QED) is 0.451. The number of hydrazone groups is 1. The smallest absolute Gasteiger partial charge is 0.250 e. The van der Waals surface area contributed by atoms with Gasteiger partial charge in [0.15, 0.2) is 0 Å². The predicted octanol–water partition coefficient (Wildman–Crippen LogP) is 3.91. The number of carbonyl (C=O) groups excluding carboxylic acids is 1. The molecule has 5 nitrogen and oxygen atoms in total. The SMILES string of the molecule is COc1ccc(/C=N\NC(=O)CSc2ccc(Cl)cc2)c(OC)c1C. The lowest BCUT2D eigenvalue weighted by Crippen LogP contribution is -2.19. The molecule has 0 spiro atoms. The Bertz CT molecular complexity index is 764. The van der Waals surface area contributed by atoms with E-state index in [0.717, 1.165) is 21.8 Å². The van der Waals surface area contributed by atoms with Crippen LogP contribution in [0.15, 0.2) is 46.4 Å². The van der Waals surface area contributed by atoms with Crippen LogP contribution < -0.4 is 14.9 Å². The van der Waals surface area contributed by atoms with Gasteiger partial charge < -0.3 is 9.47 Å². The van der Waals surface area contributed by atoms with E-state index >= 15 is 0 Å². The van der Waals surface area contributed by atoms with Crippen LogP contribution in [0.3, 0.4) is 0 Å². The highest BCUT2D eigenvalue weighted by molar-refractivity contribution is 8.00. The first-order valence-electron chi connectivity index (χ1n) is 7.47. The lowest BCUT2D eigenvalue weighted by molar-refractivity contribution is -0.118. The molecule has 0 aromatic heterocycles. The van der Waals surface area contributed by atoms with Gasteiger partial charge in [-0.25, -0.2) is 5.43 Å². The summed E-state index contributed by atoms with van der Waals surface area (Å²) >= 11 is 7.24. The Morgan fingerprint density at radius 3 is 2.56 bits per heavy atom. The third-order valence-corrected chi connectivity index (χ3v) is 4.65. The number of benzene rings is 2. The molecule has 7 heteroatoms. The zero-order chi connectivity index (χ0) is 18.2. The minimum absolute atomic E-state index is 0.194. The van der Waals surface area contributed by atoms with Crippen molar-refractivity contribution in [2.75, 3.05) is 20.0 Å². The van der Waals surface area contributed by atoms with Crippen molar-refractivity contribution in [3.05, 3.63) is 52.5 Å². The van der Waals surface area contributed by atoms with Crippen LogP contribution in [0, 0.1) is 6.92 Å². The summed E-state index contributed by atoms with van der Waals surface area (Å²) in [6.07, 6.45) is 1.55. The maximum atomic E-state index is 11.9. The zero-order valence-electron chi connectivity index (χ0n) is 14.2. The van der Waals surface area contributed by atoms with Crippen LogP contribution in [-0.4, -0.2) is 32.1 Å². The fraction of sp³-hybridized carbons (Fsp3) is 0.222. The number of nitrogens with one attached hydrogen (secondary N) is 1. The summed E-state index contributed by atoms with van der Waals surface area (Å²) in [5.74, 6) is 1.46. The highest BCUT2D eigenvalue weighted by Gasteiger charge is 2.09. The van der Waals surface area contributed by atoms with Crippen molar-refractivity contribution in [2.45, 2.75) is 11.8 Å². The second-order valence-electron chi connectivity index (χ2n) is 5.05. The van der Waals surface area contributed by atoms with Gasteiger partial charge in [0.25, 0.3) is 0 Å². The number of ether oxygens (including phenoxy) is 2. The number of hydrogen-bond donors (Lipinski definition) is 1. The van der Waals surface area contributed by atoms with Gasteiger partial charge in [0, 0.05) is 21.0 Å². The van der Waals surface area contributed by atoms with E-state index in [0.29, 0.717) is 10.8 Å². The monoisotopic (exact) mass is 378 g/mol. The van der Waals surface area contributed by atoms with Crippen LogP contribution in [0.2, 0.25) is 5.02 Å². The lowest BCUT2D eigenvalue weighted by atomic mass is 10.1.